The van der Waals surface area contributed by atoms with E-state index >= 15 is 0 Å². The van der Waals surface area contributed by atoms with Crippen LogP contribution in [0.5, 0.6) is 5.88 Å². The predicted molar refractivity (Wildman–Crippen MR) is 62.3 cm³/mol. The Labute approximate surface area is 98.5 Å². The summed E-state index contributed by atoms with van der Waals surface area (Å²) in [5, 5.41) is 2.90. The predicted octanol–water partition coefficient (Wildman–Crippen LogP) is 2.24. The van der Waals surface area contributed by atoms with Crippen LogP contribution in [0, 0.1) is 5.82 Å². The minimum Gasteiger partial charge on any atom is -0.481 e. The van der Waals surface area contributed by atoms with E-state index in [-0.39, 0.29) is 11.6 Å². The second-order valence-electron chi connectivity index (χ2n) is 3.40. The van der Waals surface area contributed by atoms with Crippen LogP contribution >= 0.6 is 0 Å². The molecule has 0 amide bonds. The Morgan fingerprint density at radius 1 is 1.29 bits per heavy atom. The van der Waals surface area contributed by atoms with Gasteiger partial charge in [0.2, 0.25) is 5.88 Å². The number of aromatic nitrogens is 2. The fraction of sp³-hybridized carbons (Fsp3) is 0.167. The molecular formula is C12H12FN3O. The molecule has 0 radical (unpaired) electrons. The van der Waals surface area contributed by atoms with E-state index in [1.165, 1.54) is 12.3 Å². The lowest BCUT2D eigenvalue weighted by atomic mass is 10.3. The largest absolute Gasteiger partial charge is 0.481 e. The van der Waals surface area contributed by atoms with Crippen molar-refractivity contribution in [1.82, 2.24) is 9.97 Å². The summed E-state index contributed by atoms with van der Waals surface area (Å²) in [7, 11) is 1.56. The van der Waals surface area contributed by atoms with Crippen LogP contribution in [0.3, 0.4) is 0 Å². The monoisotopic (exact) mass is 233 g/mol. The number of halogens is 1. The highest BCUT2D eigenvalue weighted by Gasteiger charge is 2.01. The number of methoxy groups -OCH3 is 1. The summed E-state index contributed by atoms with van der Waals surface area (Å²) in [6.07, 6.45) is 3.21. The molecule has 1 N–H and O–H groups in total. The number of nitrogens with zero attached hydrogens (tertiary/aromatic N) is 2. The van der Waals surface area contributed by atoms with Gasteiger partial charge in [-0.25, -0.2) is 14.4 Å². The van der Waals surface area contributed by atoms with E-state index in [1.54, 1.807) is 25.4 Å². The van der Waals surface area contributed by atoms with Crippen molar-refractivity contribution in [3.63, 3.8) is 0 Å². The Morgan fingerprint density at radius 2 is 2.18 bits per heavy atom. The van der Waals surface area contributed by atoms with Crippen molar-refractivity contribution in [2.45, 2.75) is 6.54 Å². The molecule has 0 aromatic carbocycles. The quantitative estimate of drug-likeness (QED) is 0.879. The summed E-state index contributed by atoms with van der Waals surface area (Å²) in [6.45, 7) is 0.463. The molecule has 0 bridgehead atoms. The highest BCUT2D eigenvalue weighted by molar-refractivity contribution is 5.36. The molecule has 5 heteroatoms. The Hall–Kier alpha value is -2.17. The zero-order valence-electron chi connectivity index (χ0n) is 9.35. The molecule has 2 heterocycles. The number of nitrogens with one attached hydrogen (secondary N) is 1. The normalized spacial score (nSPS) is 10.0. The number of hydrogen-bond acceptors (Lipinski definition) is 4. The third kappa shape index (κ3) is 2.90. The lowest BCUT2D eigenvalue weighted by molar-refractivity contribution is 0.397. The highest BCUT2D eigenvalue weighted by atomic mass is 19.1. The molecule has 0 aliphatic rings. The summed E-state index contributed by atoms with van der Waals surface area (Å²) in [6, 6.07) is 6.53. The van der Waals surface area contributed by atoms with E-state index in [1.807, 2.05) is 6.07 Å². The first-order valence-corrected chi connectivity index (χ1v) is 5.13. The van der Waals surface area contributed by atoms with Gasteiger partial charge in [-0.1, -0.05) is 6.07 Å². The molecule has 0 atom stereocenters. The second-order valence-corrected chi connectivity index (χ2v) is 3.40. The lowest BCUT2D eigenvalue weighted by Gasteiger charge is -2.06. The van der Waals surface area contributed by atoms with Crippen molar-refractivity contribution in [1.29, 1.82) is 0 Å². The Bertz CT molecular complexity index is 487. The van der Waals surface area contributed by atoms with Crippen LogP contribution in [0.4, 0.5) is 10.2 Å². The molecule has 0 spiro atoms. The number of rotatable bonds is 4. The van der Waals surface area contributed by atoms with Crippen molar-refractivity contribution >= 4 is 5.82 Å². The third-order valence-electron chi connectivity index (χ3n) is 2.23. The minimum atomic E-state index is -0.367. The zero-order chi connectivity index (χ0) is 12.1. The molecule has 17 heavy (non-hydrogen) atoms. The number of anilines is 1. The highest BCUT2D eigenvalue weighted by Crippen LogP contribution is 2.11. The molecule has 2 rings (SSSR count). The van der Waals surface area contributed by atoms with Crippen molar-refractivity contribution < 1.29 is 9.13 Å². The molecular weight excluding hydrogens is 221 g/mol. The fourth-order valence-corrected chi connectivity index (χ4v) is 1.34. The molecule has 0 saturated heterocycles. The van der Waals surface area contributed by atoms with Gasteiger partial charge in [0.25, 0.3) is 0 Å². The molecule has 2 aromatic rings. The topological polar surface area (TPSA) is 47.0 Å². The van der Waals surface area contributed by atoms with Crippen LogP contribution in [0.2, 0.25) is 0 Å². The van der Waals surface area contributed by atoms with E-state index < -0.39 is 0 Å². The van der Waals surface area contributed by atoms with Gasteiger partial charge < -0.3 is 10.1 Å². The van der Waals surface area contributed by atoms with Gasteiger partial charge >= 0.3 is 0 Å². The summed E-state index contributed by atoms with van der Waals surface area (Å²) < 4.78 is 18.2. The summed E-state index contributed by atoms with van der Waals surface area (Å²) in [4.78, 5) is 7.95. The molecule has 0 unspecified atom stereocenters. The Morgan fingerprint density at radius 3 is 2.82 bits per heavy atom. The average molecular weight is 233 g/mol. The first kappa shape index (κ1) is 11.3. The van der Waals surface area contributed by atoms with E-state index in [2.05, 4.69) is 15.3 Å². The van der Waals surface area contributed by atoms with Crippen molar-refractivity contribution in [2.75, 3.05) is 12.4 Å². The first-order chi connectivity index (χ1) is 8.29. The molecule has 4 nitrogen and oxygen atoms in total. The summed E-state index contributed by atoms with van der Waals surface area (Å²) in [5.41, 5.74) is 0.927. The molecule has 0 fully saturated rings. The standard InChI is InChI=1S/C12H12FN3O/c1-17-11-5-4-9(7-15-11)8-16-12-10(13)3-2-6-14-12/h2-7H,8H2,1H3,(H,14,16). The maximum atomic E-state index is 13.3. The van der Waals surface area contributed by atoms with E-state index in [4.69, 9.17) is 4.74 Å². The van der Waals surface area contributed by atoms with Gasteiger partial charge in [0.15, 0.2) is 11.6 Å². The Balaban J connectivity index is 2.00. The summed E-state index contributed by atoms with van der Waals surface area (Å²) >= 11 is 0. The fourth-order valence-electron chi connectivity index (χ4n) is 1.34. The molecule has 88 valence electrons. The Kier molecular flexibility index (Phi) is 3.49. The lowest BCUT2D eigenvalue weighted by Crippen LogP contribution is -2.03. The van der Waals surface area contributed by atoms with Crippen LogP contribution in [0.15, 0.2) is 36.7 Å². The van der Waals surface area contributed by atoms with Crippen LogP contribution in [0.1, 0.15) is 5.56 Å². The van der Waals surface area contributed by atoms with Gasteiger partial charge in [-0.3, -0.25) is 0 Å². The second kappa shape index (κ2) is 5.25. The van der Waals surface area contributed by atoms with Crippen LogP contribution < -0.4 is 10.1 Å². The number of hydrogen-bond donors (Lipinski definition) is 1. The van der Waals surface area contributed by atoms with Crippen LogP contribution in [0.25, 0.3) is 0 Å². The minimum absolute atomic E-state index is 0.239. The number of pyridine rings is 2. The van der Waals surface area contributed by atoms with Gasteiger partial charge in [-0.15, -0.1) is 0 Å². The van der Waals surface area contributed by atoms with E-state index in [9.17, 15) is 4.39 Å². The molecule has 2 aromatic heterocycles. The van der Waals surface area contributed by atoms with Gasteiger partial charge in [-0.05, 0) is 17.7 Å². The van der Waals surface area contributed by atoms with Crippen molar-refractivity contribution in [2.24, 2.45) is 0 Å². The zero-order valence-corrected chi connectivity index (χ0v) is 9.35. The van der Waals surface area contributed by atoms with Crippen LogP contribution in [-0.2, 0) is 6.54 Å². The number of ether oxygens (including phenoxy) is 1. The summed E-state index contributed by atoms with van der Waals surface area (Å²) in [5.74, 6) is 0.426. The molecule has 0 aliphatic carbocycles. The van der Waals surface area contributed by atoms with Gasteiger partial charge in [0.05, 0.1) is 7.11 Å². The molecule has 0 aliphatic heterocycles. The smallest absolute Gasteiger partial charge is 0.212 e. The molecule has 0 saturated carbocycles. The van der Waals surface area contributed by atoms with Gasteiger partial charge in [0.1, 0.15) is 0 Å². The average Bonchev–Trinajstić information content (AvgIpc) is 2.38. The van der Waals surface area contributed by atoms with Gasteiger partial charge in [-0.2, -0.15) is 0 Å². The SMILES string of the molecule is COc1ccc(CNc2ncccc2F)cn1. The first-order valence-electron chi connectivity index (χ1n) is 5.13. The maximum absolute atomic E-state index is 13.3. The van der Waals surface area contributed by atoms with Crippen molar-refractivity contribution in [3.05, 3.63) is 48.0 Å². The third-order valence-corrected chi connectivity index (χ3v) is 2.23. The van der Waals surface area contributed by atoms with Crippen LogP contribution in [-0.4, -0.2) is 17.1 Å². The van der Waals surface area contributed by atoms with Gasteiger partial charge in [0, 0.05) is 25.0 Å². The van der Waals surface area contributed by atoms with E-state index in [0.717, 1.165) is 5.56 Å². The van der Waals surface area contributed by atoms with Crippen molar-refractivity contribution in [3.8, 4) is 5.88 Å². The maximum Gasteiger partial charge on any atom is 0.212 e. The van der Waals surface area contributed by atoms with E-state index in [0.29, 0.717) is 12.4 Å².